The fourth-order valence-corrected chi connectivity index (χ4v) is 2.51. The SMILES string of the molecule is COc1ccc(OC(C)C(=O)NC(C)c2cc(C)ccc2OC)cc1. The minimum Gasteiger partial charge on any atom is -0.497 e. The predicted molar refractivity (Wildman–Crippen MR) is 97.4 cm³/mol. The number of hydrogen-bond donors (Lipinski definition) is 1. The van der Waals surface area contributed by atoms with Crippen LogP contribution in [0.2, 0.25) is 0 Å². The van der Waals surface area contributed by atoms with E-state index in [1.807, 2.05) is 32.0 Å². The Morgan fingerprint density at radius 1 is 0.960 bits per heavy atom. The molecule has 2 aromatic carbocycles. The second-order valence-electron chi connectivity index (χ2n) is 5.91. The maximum Gasteiger partial charge on any atom is 0.261 e. The van der Waals surface area contributed by atoms with Gasteiger partial charge >= 0.3 is 0 Å². The molecule has 2 rings (SSSR count). The number of hydrogen-bond acceptors (Lipinski definition) is 4. The van der Waals surface area contributed by atoms with Gasteiger partial charge in [0.25, 0.3) is 5.91 Å². The van der Waals surface area contributed by atoms with Crippen LogP contribution in [0, 0.1) is 6.92 Å². The normalized spacial score (nSPS) is 12.8. The number of aryl methyl sites for hydroxylation is 1. The van der Waals surface area contributed by atoms with Gasteiger partial charge in [-0.3, -0.25) is 4.79 Å². The molecule has 0 aromatic heterocycles. The molecule has 0 fully saturated rings. The minimum atomic E-state index is -0.619. The van der Waals surface area contributed by atoms with Crippen molar-refractivity contribution < 1.29 is 19.0 Å². The molecule has 2 aromatic rings. The second kappa shape index (κ2) is 8.42. The third-order valence-corrected chi connectivity index (χ3v) is 3.95. The van der Waals surface area contributed by atoms with Gasteiger partial charge in [0.2, 0.25) is 0 Å². The first-order valence-electron chi connectivity index (χ1n) is 8.20. The van der Waals surface area contributed by atoms with Crippen LogP contribution in [0.25, 0.3) is 0 Å². The van der Waals surface area contributed by atoms with Gasteiger partial charge in [0, 0.05) is 5.56 Å². The number of benzene rings is 2. The van der Waals surface area contributed by atoms with Crippen LogP contribution in [0.5, 0.6) is 17.2 Å². The van der Waals surface area contributed by atoms with Crippen LogP contribution < -0.4 is 19.5 Å². The molecule has 2 atom stereocenters. The fourth-order valence-electron chi connectivity index (χ4n) is 2.51. The van der Waals surface area contributed by atoms with Crippen LogP contribution in [-0.4, -0.2) is 26.2 Å². The van der Waals surface area contributed by atoms with E-state index in [1.165, 1.54) is 0 Å². The lowest BCUT2D eigenvalue weighted by atomic mass is 10.0. The van der Waals surface area contributed by atoms with Crippen molar-refractivity contribution in [2.45, 2.75) is 32.9 Å². The highest BCUT2D eigenvalue weighted by atomic mass is 16.5. The molecule has 0 saturated carbocycles. The summed E-state index contributed by atoms with van der Waals surface area (Å²) < 4.78 is 16.2. The van der Waals surface area contributed by atoms with Gasteiger partial charge in [-0.15, -0.1) is 0 Å². The molecule has 0 aliphatic carbocycles. The molecule has 25 heavy (non-hydrogen) atoms. The lowest BCUT2D eigenvalue weighted by Crippen LogP contribution is -2.37. The number of nitrogens with one attached hydrogen (secondary N) is 1. The average molecular weight is 343 g/mol. The van der Waals surface area contributed by atoms with Gasteiger partial charge in [0.15, 0.2) is 6.10 Å². The van der Waals surface area contributed by atoms with Gasteiger partial charge in [-0.1, -0.05) is 17.7 Å². The quantitative estimate of drug-likeness (QED) is 0.834. The molecule has 1 amide bonds. The van der Waals surface area contributed by atoms with E-state index in [0.29, 0.717) is 5.75 Å². The lowest BCUT2D eigenvalue weighted by molar-refractivity contribution is -0.127. The van der Waals surface area contributed by atoms with Crippen LogP contribution >= 0.6 is 0 Å². The summed E-state index contributed by atoms with van der Waals surface area (Å²) in [4.78, 5) is 12.4. The molecule has 134 valence electrons. The van der Waals surface area contributed by atoms with Crippen molar-refractivity contribution in [1.29, 1.82) is 0 Å². The Morgan fingerprint density at radius 3 is 2.20 bits per heavy atom. The number of methoxy groups -OCH3 is 2. The smallest absolute Gasteiger partial charge is 0.261 e. The first kappa shape index (κ1) is 18.6. The van der Waals surface area contributed by atoms with Crippen LogP contribution in [0.4, 0.5) is 0 Å². The van der Waals surface area contributed by atoms with Crippen molar-refractivity contribution >= 4 is 5.91 Å². The monoisotopic (exact) mass is 343 g/mol. The van der Waals surface area contributed by atoms with E-state index in [1.54, 1.807) is 45.4 Å². The maximum absolute atomic E-state index is 12.4. The average Bonchev–Trinajstić information content (AvgIpc) is 2.62. The second-order valence-corrected chi connectivity index (χ2v) is 5.91. The highest BCUT2D eigenvalue weighted by Gasteiger charge is 2.19. The van der Waals surface area contributed by atoms with E-state index in [9.17, 15) is 4.79 Å². The molecule has 0 aliphatic heterocycles. The van der Waals surface area contributed by atoms with Crippen LogP contribution in [0.15, 0.2) is 42.5 Å². The molecule has 5 heteroatoms. The third-order valence-electron chi connectivity index (χ3n) is 3.95. The van der Waals surface area contributed by atoms with Crippen molar-refractivity contribution in [2.24, 2.45) is 0 Å². The molecule has 0 saturated heterocycles. The van der Waals surface area contributed by atoms with Gasteiger partial charge in [-0.2, -0.15) is 0 Å². The molecular formula is C20H25NO4. The number of rotatable bonds is 7. The van der Waals surface area contributed by atoms with Crippen LogP contribution in [0.1, 0.15) is 31.0 Å². The first-order valence-corrected chi connectivity index (χ1v) is 8.20. The molecule has 0 bridgehead atoms. The van der Waals surface area contributed by atoms with Gasteiger partial charge in [0.1, 0.15) is 17.2 Å². The Bertz CT molecular complexity index is 712. The highest BCUT2D eigenvalue weighted by molar-refractivity contribution is 5.81. The summed E-state index contributed by atoms with van der Waals surface area (Å²) in [5.74, 6) is 1.92. The van der Waals surface area contributed by atoms with E-state index in [2.05, 4.69) is 5.32 Å². The summed E-state index contributed by atoms with van der Waals surface area (Å²) in [6, 6.07) is 12.8. The standard InChI is InChI=1S/C20H25NO4/c1-13-6-11-19(24-5)18(12-13)14(2)21-20(22)15(3)25-17-9-7-16(23-4)8-10-17/h6-12,14-15H,1-5H3,(H,21,22). The lowest BCUT2D eigenvalue weighted by Gasteiger charge is -2.21. The Kier molecular flexibility index (Phi) is 6.28. The highest BCUT2D eigenvalue weighted by Crippen LogP contribution is 2.26. The summed E-state index contributed by atoms with van der Waals surface area (Å²) in [5.41, 5.74) is 2.05. The van der Waals surface area contributed by atoms with Crippen molar-refractivity contribution in [3.8, 4) is 17.2 Å². The molecule has 0 radical (unpaired) electrons. The molecule has 0 spiro atoms. The summed E-state index contributed by atoms with van der Waals surface area (Å²) in [6.07, 6.45) is -0.619. The van der Waals surface area contributed by atoms with E-state index in [0.717, 1.165) is 22.6 Å². The van der Waals surface area contributed by atoms with E-state index >= 15 is 0 Å². The number of ether oxygens (including phenoxy) is 3. The first-order chi connectivity index (χ1) is 11.9. The van der Waals surface area contributed by atoms with Gasteiger partial charge in [0.05, 0.1) is 20.3 Å². The maximum atomic E-state index is 12.4. The van der Waals surface area contributed by atoms with Crippen LogP contribution in [-0.2, 0) is 4.79 Å². The Morgan fingerprint density at radius 2 is 1.60 bits per heavy atom. The van der Waals surface area contributed by atoms with Crippen molar-refractivity contribution in [2.75, 3.05) is 14.2 Å². The number of amides is 1. The summed E-state index contributed by atoms with van der Waals surface area (Å²) >= 11 is 0. The van der Waals surface area contributed by atoms with E-state index in [4.69, 9.17) is 14.2 Å². The molecule has 2 unspecified atom stereocenters. The topological polar surface area (TPSA) is 56.8 Å². The molecule has 0 aliphatic rings. The zero-order valence-electron chi connectivity index (χ0n) is 15.3. The van der Waals surface area contributed by atoms with Gasteiger partial charge < -0.3 is 19.5 Å². The largest absolute Gasteiger partial charge is 0.497 e. The van der Waals surface area contributed by atoms with E-state index < -0.39 is 6.10 Å². The molecular weight excluding hydrogens is 318 g/mol. The van der Waals surface area contributed by atoms with Gasteiger partial charge in [-0.25, -0.2) is 0 Å². The summed E-state index contributed by atoms with van der Waals surface area (Å²) in [6.45, 7) is 5.65. The zero-order valence-corrected chi connectivity index (χ0v) is 15.3. The third kappa shape index (κ3) is 4.89. The number of carbonyl (C=O) groups excluding carboxylic acids is 1. The van der Waals surface area contributed by atoms with Crippen LogP contribution in [0.3, 0.4) is 0 Å². The number of carbonyl (C=O) groups is 1. The zero-order chi connectivity index (χ0) is 18.4. The Balaban J connectivity index is 2.01. The summed E-state index contributed by atoms with van der Waals surface area (Å²) in [7, 11) is 3.23. The molecule has 1 N–H and O–H groups in total. The predicted octanol–water partition coefficient (Wildman–Crippen LogP) is 3.66. The Labute approximate surface area is 148 Å². The molecule has 5 nitrogen and oxygen atoms in total. The van der Waals surface area contributed by atoms with E-state index in [-0.39, 0.29) is 11.9 Å². The Hall–Kier alpha value is -2.69. The van der Waals surface area contributed by atoms with Gasteiger partial charge in [-0.05, 0) is 51.1 Å². The minimum absolute atomic E-state index is 0.188. The molecule has 0 heterocycles. The van der Waals surface area contributed by atoms with Crippen molar-refractivity contribution in [1.82, 2.24) is 5.32 Å². The van der Waals surface area contributed by atoms with Crippen molar-refractivity contribution in [3.05, 3.63) is 53.6 Å². The fraction of sp³-hybridized carbons (Fsp3) is 0.350. The summed E-state index contributed by atoms with van der Waals surface area (Å²) in [5, 5.41) is 2.97. The van der Waals surface area contributed by atoms with Crippen molar-refractivity contribution in [3.63, 3.8) is 0 Å².